The van der Waals surface area contributed by atoms with Gasteiger partial charge >= 0.3 is 5.97 Å². The average molecular weight is 376 g/mol. The molecule has 2 aromatic rings. The molecule has 0 aliphatic heterocycles. The van der Waals surface area contributed by atoms with E-state index in [-0.39, 0.29) is 24.1 Å². The van der Waals surface area contributed by atoms with Crippen molar-refractivity contribution in [1.29, 1.82) is 0 Å². The molecule has 26 heavy (non-hydrogen) atoms. The fourth-order valence-electron chi connectivity index (χ4n) is 2.11. The minimum absolute atomic E-state index is 0.169. The highest BCUT2D eigenvalue weighted by molar-refractivity contribution is 7.12. The zero-order valence-electron chi connectivity index (χ0n) is 14.5. The summed E-state index contributed by atoms with van der Waals surface area (Å²) in [4.78, 5) is 36.2. The number of nitrogens with one attached hydrogen (secondary N) is 2. The molecule has 2 rings (SSSR count). The van der Waals surface area contributed by atoms with E-state index in [9.17, 15) is 14.4 Å². The van der Waals surface area contributed by atoms with Crippen LogP contribution in [0.15, 0.2) is 41.8 Å². The van der Waals surface area contributed by atoms with Crippen molar-refractivity contribution in [1.82, 2.24) is 5.32 Å². The standard InChI is InChI=1S/C18H20N2O5S/c1-12(10-24-2)19-16(21)11-25-18(23)13-5-7-14(8-6-13)20-17(22)15-4-3-9-26-15/h3-9,12H,10-11H2,1-2H3,(H,19,21)(H,20,22). The highest BCUT2D eigenvalue weighted by Crippen LogP contribution is 2.14. The maximum absolute atomic E-state index is 12.0. The molecule has 1 aromatic carbocycles. The second-order valence-corrected chi connectivity index (χ2v) is 6.46. The van der Waals surface area contributed by atoms with Crippen LogP contribution in [0.5, 0.6) is 0 Å². The molecule has 1 unspecified atom stereocenters. The Labute approximate surface area is 155 Å². The monoisotopic (exact) mass is 376 g/mol. The molecule has 2 amide bonds. The lowest BCUT2D eigenvalue weighted by molar-refractivity contribution is -0.125. The second-order valence-electron chi connectivity index (χ2n) is 5.51. The van der Waals surface area contributed by atoms with Crippen molar-refractivity contribution in [3.8, 4) is 0 Å². The SMILES string of the molecule is COCC(C)NC(=O)COC(=O)c1ccc(NC(=O)c2cccs2)cc1. The third-order valence-electron chi connectivity index (χ3n) is 3.28. The minimum Gasteiger partial charge on any atom is -0.452 e. The minimum atomic E-state index is -0.615. The fourth-order valence-corrected chi connectivity index (χ4v) is 2.73. The van der Waals surface area contributed by atoms with Crippen LogP contribution in [-0.2, 0) is 14.3 Å². The summed E-state index contributed by atoms with van der Waals surface area (Å²) in [5, 5.41) is 7.20. The Morgan fingerprint density at radius 3 is 2.50 bits per heavy atom. The Kier molecular flexibility index (Phi) is 7.31. The predicted molar refractivity (Wildman–Crippen MR) is 98.5 cm³/mol. The molecule has 138 valence electrons. The summed E-state index contributed by atoms with van der Waals surface area (Å²) in [6.45, 7) is 1.79. The van der Waals surface area contributed by atoms with Gasteiger partial charge in [-0.15, -0.1) is 11.3 Å². The van der Waals surface area contributed by atoms with Gasteiger partial charge in [0.1, 0.15) is 0 Å². The molecule has 8 heteroatoms. The first-order chi connectivity index (χ1) is 12.5. The van der Waals surface area contributed by atoms with Crippen LogP contribution in [0.3, 0.4) is 0 Å². The van der Waals surface area contributed by atoms with Gasteiger partial charge in [-0.3, -0.25) is 9.59 Å². The van der Waals surface area contributed by atoms with E-state index >= 15 is 0 Å². The number of anilines is 1. The molecule has 0 aliphatic rings. The summed E-state index contributed by atoms with van der Waals surface area (Å²) >= 11 is 1.34. The molecule has 1 atom stereocenters. The lowest BCUT2D eigenvalue weighted by atomic mass is 10.2. The van der Waals surface area contributed by atoms with E-state index in [0.717, 1.165) is 0 Å². The van der Waals surface area contributed by atoms with Crippen molar-refractivity contribution in [2.75, 3.05) is 25.6 Å². The van der Waals surface area contributed by atoms with Crippen molar-refractivity contribution in [3.63, 3.8) is 0 Å². The van der Waals surface area contributed by atoms with Gasteiger partial charge in [0.2, 0.25) is 0 Å². The molecule has 1 aromatic heterocycles. The summed E-state index contributed by atoms with van der Waals surface area (Å²) < 4.78 is 9.88. The lowest BCUT2D eigenvalue weighted by Crippen LogP contribution is -2.38. The van der Waals surface area contributed by atoms with Gasteiger partial charge in [-0.25, -0.2) is 4.79 Å². The number of ether oxygens (including phenoxy) is 2. The third kappa shape index (κ3) is 5.98. The first-order valence-electron chi connectivity index (χ1n) is 7.90. The van der Waals surface area contributed by atoms with Crippen LogP contribution in [0.1, 0.15) is 27.0 Å². The molecule has 0 spiro atoms. The average Bonchev–Trinajstić information content (AvgIpc) is 3.15. The maximum Gasteiger partial charge on any atom is 0.338 e. The topological polar surface area (TPSA) is 93.7 Å². The van der Waals surface area contributed by atoms with Crippen LogP contribution in [0, 0.1) is 0 Å². The molecule has 0 radical (unpaired) electrons. The second kappa shape index (κ2) is 9.69. The van der Waals surface area contributed by atoms with E-state index in [4.69, 9.17) is 9.47 Å². The number of hydrogen-bond donors (Lipinski definition) is 2. The lowest BCUT2D eigenvalue weighted by Gasteiger charge is -2.12. The van der Waals surface area contributed by atoms with Gasteiger partial charge in [0, 0.05) is 18.8 Å². The third-order valence-corrected chi connectivity index (χ3v) is 4.15. The number of amides is 2. The molecule has 0 aliphatic carbocycles. The first-order valence-corrected chi connectivity index (χ1v) is 8.78. The van der Waals surface area contributed by atoms with E-state index in [2.05, 4.69) is 10.6 Å². The molecule has 0 bridgehead atoms. The number of rotatable bonds is 8. The largest absolute Gasteiger partial charge is 0.452 e. The zero-order valence-corrected chi connectivity index (χ0v) is 15.3. The smallest absolute Gasteiger partial charge is 0.338 e. The predicted octanol–water partition coefficient (Wildman–Crippen LogP) is 2.31. The van der Waals surface area contributed by atoms with E-state index < -0.39 is 11.9 Å². The number of carbonyl (C=O) groups excluding carboxylic acids is 3. The van der Waals surface area contributed by atoms with Gasteiger partial charge in [0.15, 0.2) is 6.61 Å². The number of methoxy groups -OCH3 is 1. The zero-order chi connectivity index (χ0) is 18.9. The van der Waals surface area contributed by atoms with Gasteiger partial charge in [-0.05, 0) is 42.6 Å². The van der Waals surface area contributed by atoms with Crippen LogP contribution >= 0.6 is 11.3 Å². The van der Waals surface area contributed by atoms with E-state index in [1.807, 2.05) is 5.38 Å². The number of hydrogen-bond acceptors (Lipinski definition) is 6. The van der Waals surface area contributed by atoms with Crippen LogP contribution in [0.25, 0.3) is 0 Å². The molecule has 0 saturated heterocycles. The maximum atomic E-state index is 12.0. The van der Waals surface area contributed by atoms with Crippen molar-refractivity contribution in [2.24, 2.45) is 0 Å². The van der Waals surface area contributed by atoms with Gasteiger partial charge < -0.3 is 20.1 Å². The van der Waals surface area contributed by atoms with Gasteiger partial charge in [0.05, 0.1) is 17.0 Å². The van der Waals surface area contributed by atoms with E-state index in [1.165, 1.54) is 30.6 Å². The summed E-state index contributed by atoms with van der Waals surface area (Å²) in [5.41, 5.74) is 0.850. The number of thiophene rings is 1. The Morgan fingerprint density at radius 2 is 1.88 bits per heavy atom. The van der Waals surface area contributed by atoms with Crippen molar-refractivity contribution in [2.45, 2.75) is 13.0 Å². The van der Waals surface area contributed by atoms with Crippen molar-refractivity contribution >= 4 is 34.8 Å². The first kappa shape index (κ1) is 19.6. The van der Waals surface area contributed by atoms with Crippen LogP contribution in [0.2, 0.25) is 0 Å². The van der Waals surface area contributed by atoms with Gasteiger partial charge in [-0.2, -0.15) is 0 Å². The van der Waals surface area contributed by atoms with E-state index in [0.29, 0.717) is 17.2 Å². The van der Waals surface area contributed by atoms with Gasteiger partial charge in [-0.1, -0.05) is 6.07 Å². The number of carbonyl (C=O) groups is 3. The Balaban J connectivity index is 1.82. The summed E-state index contributed by atoms with van der Waals surface area (Å²) in [5.74, 6) is -1.23. The van der Waals surface area contributed by atoms with Gasteiger partial charge in [0.25, 0.3) is 11.8 Å². The van der Waals surface area contributed by atoms with Crippen LogP contribution in [0.4, 0.5) is 5.69 Å². The molecular formula is C18H20N2O5S. The summed E-state index contributed by atoms with van der Waals surface area (Å²) in [6.07, 6.45) is 0. The summed E-state index contributed by atoms with van der Waals surface area (Å²) in [6, 6.07) is 9.61. The quantitative estimate of drug-likeness (QED) is 0.690. The fraction of sp³-hybridized carbons (Fsp3) is 0.278. The van der Waals surface area contributed by atoms with Crippen molar-refractivity contribution < 1.29 is 23.9 Å². The number of esters is 1. The van der Waals surface area contributed by atoms with E-state index in [1.54, 1.807) is 31.2 Å². The highest BCUT2D eigenvalue weighted by atomic mass is 32.1. The Morgan fingerprint density at radius 1 is 1.15 bits per heavy atom. The Hall–Kier alpha value is -2.71. The molecule has 0 fully saturated rings. The Bertz CT molecular complexity index is 743. The van der Waals surface area contributed by atoms with Crippen LogP contribution < -0.4 is 10.6 Å². The molecule has 2 N–H and O–H groups in total. The summed E-state index contributed by atoms with van der Waals surface area (Å²) in [7, 11) is 1.54. The molecule has 0 saturated carbocycles. The highest BCUT2D eigenvalue weighted by Gasteiger charge is 2.13. The molecular weight excluding hydrogens is 356 g/mol. The molecule has 1 heterocycles. The normalized spacial score (nSPS) is 11.5. The molecule has 7 nitrogen and oxygen atoms in total. The van der Waals surface area contributed by atoms with Crippen LogP contribution in [-0.4, -0.2) is 44.1 Å². The van der Waals surface area contributed by atoms with Crippen molar-refractivity contribution in [3.05, 3.63) is 52.2 Å². The number of benzene rings is 1.